The summed E-state index contributed by atoms with van der Waals surface area (Å²) in [5.74, 6) is -0.664. The lowest BCUT2D eigenvalue weighted by Gasteiger charge is -2.28. The number of imidazole rings is 1. The van der Waals surface area contributed by atoms with Crippen molar-refractivity contribution in [1.82, 2.24) is 29.1 Å². The molecule has 0 saturated carbocycles. The highest BCUT2D eigenvalue weighted by molar-refractivity contribution is 7.88. The first-order valence-corrected chi connectivity index (χ1v) is 16.0. The third-order valence-corrected chi connectivity index (χ3v) is 8.79. The number of carbonyl (C=O) groups is 1. The minimum absolute atomic E-state index is 0.0160. The normalized spacial score (nSPS) is 23.5. The van der Waals surface area contributed by atoms with Crippen LogP contribution in [0.3, 0.4) is 0 Å². The second-order valence-corrected chi connectivity index (χ2v) is 14.4. The molecular weight excluding hydrogens is 576 g/mol. The number of ether oxygens (including phenoxy) is 3. The van der Waals surface area contributed by atoms with E-state index in [1.54, 1.807) is 24.7 Å². The fraction of sp³-hybridized carbons (Fsp3) is 0.571. The number of fused-ring (bicyclic) bond motifs is 2. The Balaban J connectivity index is 1.21. The molecule has 15 heteroatoms. The van der Waals surface area contributed by atoms with Crippen LogP contribution in [0, 0.1) is 0 Å². The number of urea groups is 1. The summed E-state index contributed by atoms with van der Waals surface area (Å²) in [7, 11) is -3.61. The molecule has 14 nitrogen and oxygen atoms in total. The van der Waals surface area contributed by atoms with Gasteiger partial charge in [-0.1, -0.05) is 32.9 Å². The monoisotopic (exact) mass is 616 g/mol. The average Bonchev–Trinajstić information content (AvgIpc) is 3.56. The molecule has 0 bridgehead atoms. The highest BCUT2D eigenvalue weighted by atomic mass is 32.2. The summed E-state index contributed by atoms with van der Waals surface area (Å²) in [4.78, 5) is 25.1. The lowest BCUT2D eigenvalue weighted by atomic mass is 9.87. The van der Waals surface area contributed by atoms with Gasteiger partial charge in [0.1, 0.15) is 30.2 Å². The molecule has 4 heterocycles. The van der Waals surface area contributed by atoms with Crippen LogP contribution in [0.5, 0.6) is 0 Å². The maximum Gasteiger partial charge on any atom is 0.319 e. The Labute approximate surface area is 251 Å². The van der Waals surface area contributed by atoms with E-state index in [1.807, 2.05) is 24.3 Å². The van der Waals surface area contributed by atoms with Gasteiger partial charge >= 0.3 is 6.03 Å². The van der Waals surface area contributed by atoms with Crippen molar-refractivity contribution in [3.8, 4) is 0 Å². The number of rotatable bonds is 9. The number of nitrogen functional groups attached to an aromatic ring is 1. The SMILES string of the molecule is CC1(C)O[C@@H]2[C@@H](CN(CCCNC(=O)Nc3ccc(C(C)(C)C)cc3)S(C)(=O)=O)OC(n3cnc4c(N)ncnc43)[C@@H]2O1. The molecule has 234 valence electrons. The van der Waals surface area contributed by atoms with Crippen molar-refractivity contribution in [1.29, 1.82) is 0 Å². The molecule has 2 fully saturated rings. The highest BCUT2D eigenvalue weighted by Gasteiger charge is 2.56. The molecule has 2 amide bonds. The Morgan fingerprint density at radius 2 is 1.81 bits per heavy atom. The van der Waals surface area contributed by atoms with Crippen LogP contribution < -0.4 is 16.4 Å². The Bertz CT molecular complexity index is 1570. The Morgan fingerprint density at radius 1 is 1.12 bits per heavy atom. The van der Waals surface area contributed by atoms with Crippen LogP contribution in [0.1, 0.15) is 52.8 Å². The predicted octanol–water partition coefficient (Wildman–Crippen LogP) is 2.60. The number of nitrogens with zero attached hydrogens (tertiary/aromatic N) is 5. The average molecular weight is 617 g/mol. The maximum atomic E-state index is 12.8. The zero-order valence-corrected chi connectivity index (χ0v) is 26.1. The van der Waals surface area contributed by atoms with Crippen LogP contribution >= 0.6 is 0 Å². The van der Waals surface area contributed by atoms with Crippen molar-refractivity contribution >= 4 is 38.7 Å². The molecule has 0 radical (unpaired) electrons. The number of aromatic nitrogens is 4. The number of hydrogen-bond acceptors (Lipinski definition) is 10. The van der Waals surface area contributed by atoms with Crippen LogP contribution in [0.4, 0.5) is 16.3 Å². The number of sulfonamides is 1. The molecule has 0 aliphatic carbocycles. The second kappa shape index (κ2) is 11.6. The van der Waals surface area contributed by atoms with E-state index in [0.717, 1.165) is 6.26 Å². The van der Waals surface area contributed by atoms with E-state index in [1.165, 1.54) is 16.2 Å². The zero-order chi connectivity index (χ0) is 31.2. The van der Waals surface area contributed by atoms with Crippen LogP contribution in [0.2, 0.25) is 0 Å². The molecule has 0 spiro atoms. The van der Waals surface area contributed by atoms with E-state index in [2.05, 4.69) is 46.4 Å². The lowest BCUT2D eigenvalue weighted by Crippen LogP contribution is -2.43. The van der Waals surface area contributed by atoms with Gasteiger partial charge < -0.3 is 30.6 Å². The van der Waals surface area contributed by atoms with Crippen LogP contribution in [-0.2, 0) is 29.6 Å². The van der Waals surface area contributed by atoms with Crippen molar-refractivity contribution in [2.45, 2.75) is 76.8 Å². The van der Waals surface area contributed by atoms with Crippen molar-refractivity contribution in [3.63, 3.8) is 0 Å². The number of nitrogens with one attached hydrogen (secondary N) is 2. The molecule has 2 aliphatic rings. The van der Waals surface area contributed by atoms with Gasteiger partial charge in [0.15, 0.2) is 23.5 Å². The first-order valence-electron chi connectivity index (χ1n) is 14.2. The number of nitrogens with two attached hydrogens (primary N) is 1. The van der Waals surface area contributed by atoms with Gasteiger partial charge in [0, 0.05) is 25.3 Å². The summed E-state index contributed by atoms with van der Waals surface area (Å²) in [5, 5.41) is 5.60. The van der Waals surface area contributed by atoms with Crippen molar-refractivity contribution in [2.75, 3.05) is 36.9 Å². The molecule has 5 rings (SSSR count). The molecule has 1 aromatic carbocycles. The Kier molecular flexibility index (Phi) is 8.39. The number of carbonyl (C=O) groups excluding carboxylic acids is 1. The van der Waals surface area contributed by atoms with Crippen molar-refractivity contribution < 1.29 is 27.4 Å². The van der Waals surface area contributed by atoms with E-state index < -0.39 is 40.4 Å². The third kappa shape index (κ3) is 6.91. The number of anilines is 2. The van der Waals surface area contributed by atoms with E-state index >= 15 is 0 Å². The Morgan fingerprint density at radius 3 is 2.49 bits per heavy atom. The zero-order valence-electron chi connectivity index (χ0n) is 25.3. The molecule has 43 heavy (non-hydrogen) atoms. The van der Waals surface area contributed by atoms with Gasteiger partial charge in [-0.2, -0.15) is 4.31 Å². The first kappa shape index (κ1) is 31.1. The summed E-state index contributed by atoms with van der Waals surface area (Å²) in [6.45, 7) is 10.5. The minimum Gasteiger partial charge on any atom is -0.382 e. The van der Waals surface area contributed by atoms with E-state index in [0.29, 0.717) is 23.3 Å². The molecule has 2 aliphatic heterocycles. The Hall–Kier alpha value is -3.37. The van der Waals surface area contributed by atoms with E-state index in [-0.39, 0.29) is 36.9 Å². The summed E-state index contributed by atoms with van der Waals surface area (Å²) in [6, 6.07) is 7.32. The largest absolute Gasteiger partial charge is 0.382 e. The third-order valence-electron chi connectivity index (χ3n) is 7.52. The fourth-order valence-corrected chi connectivity index (χ4v) is 6.24. The van der Waals surface area contributed by atoms with Crippen LogP contribution in [0.25, 0.3) is 11.2 Å². The quantitative estimate of drug-likeness (QED) is 0.303. The molecule has 2 saturated heterocycles. The standard InChI is InChI=1S/C28H40N8O6S/c1-27(2,3)17-8-10-18(11-9-17)34-26(37)30-12-7-13-35(43(6,38)39)14-19-21-22(42-28(4,5)41-21)25(40-19)36-16-33-20-23(29)31-15-32-24(20)36/h8-11,15-16,19,21-22,25H,7,12-14H2,1-6H3,(H2,29,31,32)(H2,30,34,37)/t19-,21-,22-,25?/m1/s1. The van der Waals surface area contributed by atoms with Gasteiger partial charge in [0.25, 0.3) is 0 Å². The van der Waals surface area contributed by atoms with Crippen LogP contribution in [0.15, 0.2) is 36.9 Å². The van der Waals surface area contributed by atoms with E-state index in [4.69, 9.17) is 19.9 Å². The number of amides is 2. The molecule has 3 aromatic rings. The fourth-order valence-electron chi connectivity index (χ4n) is 5.37. The summed E-state index contributed by atoms with van der Waals surface area (Å²) in [5.41, 5.74) is 8.72. The molecular formula is C28H40N8O6S. The van der Waals surface area contributed by atoms with Gasteiger partial charge in [0.05, 0.1) is 12.6 Å². The van der Waals surface area contributed by atoms with Gasteiger partial charge in [-0.15, -0.1) is 0 Å². The lowest BCUT2D eigenvalue weighted by molar-refractivity contribution is -0.196. The predicted molar refractivity (Wildman–Crippen MR) is 161 cm³/mol. The smallest absolute Gasteiger partial charge is 0.319 e. The minimum atomic E-state index is -3.61. The number of hydrogen-bond donors (Lipinski definition) is 3. The highest BCUT2D eigenvalue weighted by Crippen LogP contribution is 2.44. The molecule has 4 N–H and O–H groups in total. The molecule has 1 unspecified atom stereocenters. The van der Waals surface area contributed by atoms with Gasteiger partial charge in [-0.25, -0.2) is 28.2 Å². The topological polar surface area (TPSA) is 176 Å². The van der Waals surface area contributed by atoms with E-state index in [9.17, 15) is 13.2 Å². The summed E-state index contributed by atoms with van der Waals surface area (Å²) >= 11 is 0. The van der Waals surface area contributed by atoms with Gasteiger partial charge in [-0.3, -0.25) is 4.57 Å². The van der Waals surface area contributed by atoms with Crippen molar-refractivity contribution in [3.05, 3.63) is 42.5 Å². The van der Waals surface area contributed by atoms with Crippen LogP contribution in [-0.4, -0.2) is 88.3 Å². The summed E-state index contributed by atoms with van der Waals surface area (Å²) in [6.07, 6.45) is 2.02. The van der Waals surface area contributed by atoms with Gasteiger partial charge in [0.2, 0.25) is 10.0 Å². The maximum absolute atomic E-state index is 12.8. The molecule has 2 aromatic heterocycles. The van der Waals surface area contributed by atoms with Crippen molar-refractivity contribution in [2.24, 2.45) is 0 Å². The summed E-state index contributed by atoms with van der Waals surface area (Å²) < 4.78 is 47.3. The first-order chi connectivity index (χ1) is 20.1. The molecule has 4 atom stereocenters. The van der Waals surface area contributed by atoms with Gasteiger partial charge in [-0.05, 0) is 43.4 Å². The number of benzene rings is 1. The second-order valence-electron chi connectivity index (χ2n) is 12.4.